The first kappa shape index (κ1) is 24.2. The second-order valence-electron chi connectivity index (χ2n) is 11.7. The minimum Gasteiger partial charge on any atom is -0.487 e. The molecule has 0 aliphatic carbocycles. The maximum atomic E-state index is 13.5. The summed E-state index contributed by atoms with van der Waals surface area (Å²) >= 11 is 0. The van der Waals surface area contributed by atoms with Crippen LogP contribution in [-0.2, 0) is 4.79 Å². The number of carbonyl (C=O) groups is 2. The van der Waals surface area contributed by atoms with E-state index in [-0.39, 0.29) is 30.2 Å². The summed E-state index contributed by atoms with van der Waals surface area (Å²) in [5, 5.41) is 3.19. The molecule has 2 aromatic carbocycles. The van der Waals surface area contributed by atoms with Crippen molar-refractivity contribution in [2.75, 3.05) is 0 Å². The Bertz CT molecular complexity index is 1280. The minimum absolute atomic E-state index is 0.113. The first-order valence-electron chi connectivity index (χ1n) is 12.4. The molecule has 8 nitrogen and oxygen atoms in total. The van der Waals surface area contributed by atoms with Crippen molar-refractivity contribution < 1.29 is 19.1 Å². The van der Waals surface area contributed by atoms with Crippen LogP contribution >= 0.6 is 0 Å². The zero-order valence-electron chi connectivity index (χ0n) is 21.7. The van der Waals surface area contributed by atoms with E-state index in [1.165, 1.54) is 4.90 Å². The molecule has 3 aliphatic rings. The Balaban J connectivity index is 1.47. The molecule has 0 unspecified atom stereocenters. The lowest BCUT2D eigenvalue weighted by Gasteiger charge is -2.40. The minimum atomic E-state index is -0.752. The molecule has 0 saturated carbocycles. The van der Waals surface area contributed by atoms with Gasteiger partial charge in [-0.3, -0.25) is 14.5 Å². The van der Waals surface area contributed by atoms with E-state index in [4.69, 9.17) is 15.2 Å². The highest BCUT2D eigenvalue weighted by Gasteiger charge is 2.50. The molecule has 0 saturated heterocycles. The SMILES string of the molecule is CC1(C)CC(=O)N([C@H]2c3cc(C(=O)N[C@H]4CC(C)(C)Oc5ccccc54)ccc3OC2(C)C)C(N)=N1. The van der Waals surface area contributed by atoms with Crippen LogP contribution in [0.1, 0.15) is 88.0 Å². The summed E-state index contributed by atoms with van der Waals surface area (Å²) < 4.78 is 12.3. The van der Waals surface area contributed by atoms with Crippen molar-refractivity contribution in [3.05, 3.63) is 59.2 Å². The summed E-state index contributed by atoms with van der Waals surface area (Å²) in [7, 11) is 0. The number of nitrogens with one attached hydrogen (secondary N) is 1. The molecular weight excluding hydrogens is 456 g/mol. The van der Waals surface area contributed by atoms with E-state index >= 15 is 0 Å². The fourth-order valence-electron chi connectivity index (χ4n) is 5.60. The lowest BCUT2D eigenvalue weighted by molar-refractivity contribution is -0.133. The molecule has 36 heavy (non-hydrogen) atoms. The maximum Gasteiger partial charge on any atom is 0.251 e. The molecule has 5 rings (SSSR count). The van der Waals surface area contributed by atoms with Crippen LogP contribution in [0.4, 0.5) is 0 Å². The molecule has 2 atom stereocenters. The third-order valence-electron chi connectivity index (χ3n) is 7.05. The number of guanidine groups is 1. The third kappa shape index (κ3) is 4.18. The molecular formula is C28H34N4O4. The lowest BCUT2D eigenvalue weighted by atomic mass is 9.88. The molecule has 3 heterocycles. The normalized spacial score (nSPS) is 25.1. The van der Waals surface area contributed by atoms with E-state index in [1.807, 2.05) is 65.8 Å². The Morgan fingerprint density at radius 3 is 2.44 bits per heavy atom. The molecule has 0 aromatic heterocycles. The monoisotopic (exact) mass is 490 g/mol. The van der Waals surface area contributed by atoms with Gasteiger partial charge in [0.05, 0.1) is 18.0 Å². The summed E-state index contributed by atoms with van der Waals surface area (Å²) in [4.78, 5) is 32.7. The number of ether oxygens (including phenoxy) is 2. The summed E-state index contributed by atoms with van der Waals surface area (Å²) in [5.74, 6) is 1.26. The van der Waals surface area contributed by atoms with E-state index in [0.29, 0.717) is 17.7 Å². The number of carbonyl (C=O) groups excluding carboxylic acids is 2. The molecule has 0 bridgehead atoms. The zero-order chi connectivity index (χ0) is 26.0. The van der Waals surface area contributed by atoms with Crippen LogP contribution < -0.4 is 20.5 Å². The zero-order valence-corrected chi connectivity index (χ0v) is 21.7. The lowest BCUT2D eigenvalue weighted by Crippen LogP contribution is -2.55. The quantitative estimate of drug-likeness (QED) is 0.669. The van der Waals surface area contributed by atoms with Crippen molar-refractivity contribution in [2.45, 2.75) is 83.2 Å². The van der Waals surface area contributed by atoms with Crippen molar-refractivity contribution in [3.8, 4) is 11.5 Å². The molecule has 0 fully saturated rings. The van der Waals surface area contributed by atoms with Gasteiger partial charge in [-0.1, -0.05) is 18.2 Å². The van der Waals surface area contributed by atoms with Gasteiger partial charge in [0.15, 0.2) is 5.96 Å². The van der Waals surface area contributed by atoms with Gasteiger partial charge in [-0.25, -0.2) is 4.99 Å². The summed E-state index contributed by atoms with van der Waals surface area (Å²) in [6.45, 7) is 11.6. The van der Waals surface area contributed by atoms with Gasteiger partial charge < -0.3 is 20.5 Å². The van der Waals surface area contributed by atoms with Crippen molar-refractivity contribution in [3.63, 3.8) is 0 Å². The molecule has 3 N–H and O–H groups in total. The number of hydrogen-bond donors (Lipinski definition) is 2. The summed E-state index contributed by atoms with van der Waals surface area (Å²) in [6.07, 6.45) is 0.888. The average molecular weight is 491 g/mol. The van der Waals surface area contributed by atoms with Crippen LogP contribution in [0.5, 0.6) is 11.5 Å². The predicted molar refractivity (Wildman–Crippen MR) is 137 cm³/mol. The standard InChI is InChI=1S/C28H34N4O4/c1-26(2)15-22(33)32(25(29)31-26)23-18-13-16(11-12-21(18)36-28(23,5)6)24(34)30-19-14-27(3,4)35-20-10-8-7-9-17(19)20/h7-13,19,23H,14-15H2,1-6H3,(H2,29,31)(H,30,34)/t19-,23-/m0/s1. The Morgan fingerprint density at radius 1 is 1.03 bits per heavy atom. The molecule has 2 aromatic rings. The first-order valence-corrected chi connectivity index (χ1v) is 12.4. The van der Waals surface area contributed by atoms with Crippen molar-refractivity contribution in [2.24, 2.45) is 10.7 Å². The van der Waals surface area contributed by atoms with E-state index < -0.39 is 22.8 Å². The fourth-order valence-corrected chi connectivity index (χ4v) is 5.60. The van der Waals surface area contributed by atoms with Crippen molar-refractivity contribution >= 4 is 17.8 Å². The van der Waals surface area contributed by atoms with E-state index in [2.05, 4.69) is 10.3 Å². The van der Waals surface area contributed by atoms with Gasteiger partial charge in [0.2, 0.25) is 5.91 Å². The number of rotatable bonds is 3. The van der Waals surface area contributed by atoms with Crippen LogP contribution in [0, 0.1) is 0 Å². The van der Waals surface area contributed by atoms with Gasteiger partial charge in [-0.15, -0.1) is 0 Å². The maximum absolute atomic E-state index is 13.5. The number of aliphatic imine (C=N–C) groups is 1. The highest BCUT2D eigenvalue weighted by Crippen LogP contribution is 2.48. The molecule has 8 heteroatoms. The highest BCUT2D eigenvalue weighted by atomic mass is 16.5. The number of fused-ring (bicyclic) bond motifs is 2. The van der Waals surface area contributed by atoms with Crippen LogP contribution in [0.15, 0.2) is 47.5 Å². The molecule has 190 valence electrons. The second kappa shape index (κ2) is 7.98. The second-order valence-corrected chi connectivity index (χ2v) is 11.7. The first-order chi connectivity index (χ1) is 16.8. The average Bonchev–Trinajstić information content (AvgIpc) is 3.01. The van der Waals surface area contributed by atoms with Gasteiger partial charge in [-0.2, -0.15) is 0 Å². The number of benzene rings is 2. The van der Waals surface area contributed by atoms with Crippen molar-refractivity contribution in [1.29, 1.82) is 0 Å². The van der Waals surface area contributed by atoms with Crippen LogP contribution in [-0.4, -0.2) is 39.4 Å². The Hall–Kier alpha value is -3.55. The largest absolute Gasteiger partial charge is 0.487 e. The fraction of sp³-hybridized carbons (Fsp3) is 0.464. The number of nitrogens with two attached hydrogens (primary N) is 1. The van der Waals surface area contributed by atoms with E-state index in [1.54, 1.807) is 18.2 Å². The molecule has 3 aliphatic heterocycles. The summed E-state index contributed by atoms with van der Waals surface area (Å²) in [6, 6.07) is 12.4. The Labute approximate surface area is 211 Å². The Kier molecular flexibility index (Phi) is 5.36. The topological polar surface area (TPSA) is 106 Å². The summed E-state index contributed by atoms with van der Waals surface area (Å²) in [5.41, 5.74) is 6.77. The third-order valence-corrected chi connectivity index (χ3v) is 7.05. The van der Waals surface area contributed by atoms with Gasteiger partial charge in [0.25, 0.3) is 5.91 Å². The van der Waals surface area contributed by atoms with E-state index in [9.17, 15) is 9.59 Å². The van der Waals surface area contributed by atoms with Crippen LogP contribution in [0.2, 0.25) is 0 Å². The highest BCUT2D eigenvalue weighted by molar-refractivity contribution is 6.00. The smallest absolute Gasteiger partial charge is 0.251 e. The van der Waals surface area contributed by atoms with E-state index in [0.717, 1.165) is 16.9 Å². The van der Waals surface area contributed by atoms with Gasteiger partial charge in [-0.05, 0) is 65.8 Å². The van der Waals surface area contributed by atoms with Crippen molar-refractivity contribution in [1.82, 2.24) is 10.2 Å². The number of nitrogens with zero attached hydrogens (tertiary/aromatic N) is 2. The Morgan fingerprint density at radius 2 is 1.72 bits per heavy atom. The number of para-hydroxylation sites is 1. The predicted octanol–water partition coefficient (Wildman–Crippen LogP) is 4.26. The van der Waals surface area contributed by atoms with Gasteiger partial charge >= 0.3 is 0 Å². The number of amides is 2. The molecule has 0 spiro atoms. The van der Waals surface area contributed by atoms with Gasteiger partial charge in [0.1, 0.15) is 28.7 Å². The molecule has 2 amide bonds. The molecule has 0 radical (unpaired) electrons. The van der Waals surface area contributed by atoms with Crippen LogP contribution in [0.3, 0.4) is 0 Å². The number of hydrogen-bond acceptors (Lipinski definition) is 6. The van der Waals surface area contributed by atoms with Crippen LogP contribution in [0.25, 0.3) is 0 Å². The van der Waals surface area contributed by atoms with Gasteiger partial charge in [0, 0.05) is 23.1 Å².